The third kappa shape index (κ3) is 3.00. The molecule has 0 radical (unpaired) electrons. The number of nitrogen functional groups attached to an aromatic ring is 1. The van der Waals surface area contributed by atoms with Gasteiger partial charge in [-0.15, -0.1) is 0 Å². The van der Waals surface area contributed by atoms with Crippen LogP contribution in [-0.4, -0.2) is 14.0 Å². The number of hydrogen-bond donors (Lipinski definition) is 1. The first-order chi connectivity index (χ1) is 9.43. The lowest BCUT2D eigenvalue weighted by molar-refractivity contribution is 0.675. The lowest BCUT2D eigenvalue weighted by Gasteiger charge is -2.05. The summed E-state index contributed by atoms with van der Waals surface area (Å²) in [6, 6.07) is 4.98. The Labute approximate surface area is 130 Å². The van der Waals surface area contributed by atoms with Gasteiger partial charge in [0.1, 0.15) is 0 Å². The molecule has 108 valence electrons. The zero-order valence-electron chi connectivity index (χ0n) is 11.2. The molecule has 0 fully saturated rings. The fourth-order valence-corrected chi connectivity index (χ4v) is 3.73. The fourth-order valence-electron chi connectivity index (χ4n) is 1.83. The summed E-state index contributed by atoms with van der Waals surface area (Å²) < 4.78 is 14.1. The second kappa shape index (κ2) is 6.16. The highest BCUT2D eigenvalue weighted by molar-refractivity contribution is 7.84. The normalized spacial score (nSPS) is 12.6. The summed E-state index contributed by atoms with van der Waals surface area (Å²) >= 11 is 12.2. The van der Waals surface area contributed by atoms with Gasteiger partial charge in [0, 0.05) is 11.9 Å². The van der Waals surface area contributed by atoms with Crippen molar-refractivity contribution in [1.29, 1.82) is 0 Å². The summed E-state index contributed by atoms with van der Waals surface area (Å²) in [6.45, 7) is 1.98. The van der Waals surface area contributed by atoms with Gasteiger partial charge in [0.25, 0.3) is 0 Å². The van der Waals surface area contributed by atoms with Crippen LogP contribution in [0.3, 0.4) is 0 Å². The summed E-state index contributed by atoms with van der Waals surface area (Å²) in [5, 5.41) is 5.30. The Hall–Kier alpha value is -1.04. The first kappa shape index (κ1) is 15.4. The number of nitrogens with zero attached hydrogens (tertiary/aromatic N) is 2. The number of nitrogens with two attached hydrogens (primary N) is 1. The number of aryl methyl sites for hydroxylation is 2. The molecule has 4 nitrogen and oxygen atoms in total. The van der Waals surface area contributed by atoms with Gasteiger partial charge in [-0.3, -0.25) is 8.89 Å². The summed E-state index contributed by atoms with van der Waals surface area (Å²) in [6.07, 6.45) is 0.743. The second-order valence-corrected chi connectivity index (χ2v) is 6.59. The highest BCUT2D eigenvalue weighted by atomic mass is 35.5. The van der Waals surface area contributed by atoms with Crippen molar-refractivity contribution in [3.8, 4) is 0 Å². The van der Waals surface area contributed by atoms with E-state index in [1.54, 1.807) is 29.9 Å². The van der Waals surface area contributed by atoms with Crippen LogP contribution in [-0.2, 0) is 30.0 Å². The van der Waals surface area contributed by atoms with Crippen molar-refractivity contribution in [3.05, 3.63) is 39.6 Å². The minimum atomic E-state index is -1.25. The van der Waals surface area contributed by atoms with Gasteiger partial charge >= 0.3 is 0 Å². The van der Waals surface area contributed by atoms with Gasteiger partial charge in [-0.05, 0) is 24.6 Å². The zero-order valence-corrected chi connectivity index (χ0v) is 13.5. The van der Waals surface area contributed by atoms with Crippen molar-refractivity contribution in [1.82, 2.24) is 9.78 Å². The van der Waals surface area contributed by atoms with Crippen LogP contribution in [0.15, 0.2) is 23.1 Å². The topological polar surface area (TPSA) is 60.9 Å². The quantitative estimate of drug-likeness (QED) is 0.875. The Morgan fingerprint density at radius 2 is 2.10 bits per heavy atom. The van der Waals surface area contributed by atoms with Crippen LogP contribution in [0.2, 0.25) is 10.0 Å². The van der Waals surface area contributed by atoms with Crippen LogP contribution in [0.25, 0.3) is 0 Å². The van der Waals surface area contributed by atoms with Gasteiger partial charge in [-0.2, -0.15) is 5.10 Å². The van der Waals surface area contributed by atoms with Crippen LogP contribution >= 0.6 is 23.2 Å². The van der Waals surface area contributed by atoms with E-state index < -0.39 is 10.8 Å². The highest BCUT2D eigenvalue weighted by Crippen LogP contribution is 2.26. The smallest absolute Gasteiger partial charge is 0.0859 e. The van der Waals surface area contributed by atoms with Gasteiger partial charge in [0.15, 0.2) is 0 Å². The fraction of sp³-hybridized carbons (Fsp3) is 0.308. The lowest BCUT2D eigenvalue weighted by atomic mass is 10.3. The van der Waals surface area contributed by atoms with Gasteiger partial charge in [-0.25, -0.2) is 0 Å². The maximum atomic E-state index is 12.4. The molecular formula is C13H15Cl2N3OS. The summed E-state index contributed by atoms with van der Waals surface area (Å²) in [5.74, 6) is 0.294. The minimum Gasteiger partial charge on any atom is -0.398 e. The number of rotatable bonds is 4. The van der Waals surface area contributed by atoms with E-state index in [1.165, 1.54) is 0 Å². The van der Waals surface area contributed by atoms with E-state index in [4.69, 9.17) is 28.9 Å². The van der Waals surface area contributed by atoms with Gasteiger partial charge in [-0.1, -0.05) is 30.1 Å². The predicted octanol–water partition coefficient (Wildman–Crippen LogP) is 3.18. The first-order valence-corrected chi connectivity index (χ1v) is 8.15. The van der Waals surface area contributed by atoms with Crippen molar-refractivity contribution < 1.29 is 4.21 Å². The van der Waals surface area contributed by atoms with E-state index in [-0.39, 0.29) is 0 Å². The highest BCUT2D eigenvalue weighted by Gasteiger charge is 2.16. The van der Waals surface area contributed by atoms with Crippen molar-refractivity contribution in [2.45, 2.75) is 24.0 Å². The number of anilines is 1. The molecule has 0 aliphatic heterocycles. The van der Waals surface area contributed by atoms with E-state index in [0.29, 0.717) is 26.4 Å². The maximum Gasteiger partial charge on any atom is 0.0859 e. The van der Waals surface area contributed by atoms with Crippen LogP contribution in [0.1, 0.15) is 18.3 Å². The molecule has 0 aliphatic rings. The van der Waals surface area contributed by atoms with Crippen molar-refractivity contribution >= 4 is 39.7 Å². The molecule has 0 saturated heterocycles. The van der Waals surface area contributed by atoms with Gasteiger partial charge < -0.3 is 5.73 Å². The lowest BCUT2D eigenvalue weighted by Crippen LogP contribution is -2.04. The van der Waals surface area contributed by atoms with Crippen molar-refractivity contribution in [2.75, 3.05) is 5.73 Å². The Morgan fingerprint density at radius 1 is 1.40 bits per heavy atom. The molecule has 20 heavy (non-hydrogen) atoms. The largest absolute Gasteiger partial charge is 0.398 e. The maximum absolute atomic E-state index is 12.4. The molecule has 1 aromatic carbocycles. The molecule has 0 bridgehead atoms. The Bertz CT molecular complexity index is 670. The van der Waals surface area contributed by atoms with Crippen LogP contribution in [0, 0.1) is 0 Å². The molecule has 1 atom stereocenters. The predicted molar refractivity (Wildman–Crippen MR) is 83.6 cm³/mol. The number of halogens is 2. The SMILES string of the molecule is CCc1nn(C)c(CS(=O)c2ccc(N)c(Cl)c2)c1Cl. The molecule has 0 aliphatic carbocycles. The average molecular weight is 332 g/mol. The standard InChI is InChI=1S/C13H15Cl2N3OS/c1-3-11-13(15)12(18(2)17-11)7-20(19)8-4-5-10(16)9(14)6-8/h4-6H,3,7,16H2,1-2H3. The molecule has 1 unspecified atom stereocenters. The second-order valence-electron chi connectivity index (χ2n) is 4.36. The third-order valence-corrected chi connectivity index (χ3v) is 5.08. The Balaban J connectivity index is 2.28. The minimum absolute atomic E-state index is 0.294. The number of hydrogen-bond acceptors (Lipinski definition) is 3. The number of aromatic nitrogens is 2. The molecule has 2 aromatic rings. The summed E-state index contributed by atoms with van der Waals surface area (Å²) in [5.41, 5.74) is 7.69. The Morgan fingerprint density at radius 3 is 2.65 bits per heavy atom. The summed E-state index contributed by atoms with van der Waals surface area (Å²) in [7, 11) is 0.552. The van der Waals surface area contributed by atoms with Gasteiger partial charge in [0.2, 0.25) is 0 Å². The molecule has 1 aromatic heterocycles. The van der Waals surface area contributed by atoms with Crippen LogP contribution in [0.5, 0.6) is 0 Å². The van der Waals surface area contributed by atoms with Crippen molar-refractivity contribution in [2.24, 2.45) is 7.05 Å². The summed E-state index contributed by atoms with van der Waals surface area (Å²) in [4.78, 5) is 0.625. The first-order valence-electron chi connectivity index (χ1n) is 6.07. The van der Waals surface area contributed by atoms with E-state index in [9.17, 15) is 4.21 Å². The van der Waals surface area contributed by atoms with Crippen LogP contribution in [0.4, 0.5) is 5.69 Å². The molecule has 1 heterocycles. The molecular weight excluding hydrogens is 317 g/mol. The Kier molecular flexibility index (Phi) is 4.73. The zero-order chi connectivity index (χ0) is 14.9. The molecule has 0 amide bonds. The molecule has 0 spiro atoms. The molecule has 7 heteroatoms. The van der Waals surface area contributed by atoms with E-state index >= 15 is 0 Å². The monoisotopic (exact) mass is 331 g/mol. The number of benzene rings is 1. The van der Waals surface area contributed by atoms with E-state index in [0.717, 1.165) is 17.8 Å². The third-order valence-electron chi connectivity index (χ3n) is 3.01. The van der Waals surface area contributed by atoms with Crippen LogP contribution < -0.4 is 5.73 Å². The van der Waals surface area contributed by atoms with Gasteiger partial charge in [0.05, 0.1) is 43.7 Å². The van der Waals surface area contributed by atoms with E-state index in [2.05, 4.69) is 5.10 Å². The molecule has 2 N–H and O–H groups in total. The van der Waals surface area contributed by atoms with E-state index in [1.807, 2.05) is 6.92 Å². The molecule has 0 saturated carbocycles. The average Bonchev–Trinajstić information content (AvgIpc) is 2.69. The molecule has 2 rings (SSSR count). The van der Waals surface area contributed by atoms with Crippen molar-refractivity contribution in [3.63, 3.8) is 0 Å².